The topological polar surface area (TPSA) is 55.1 Å². The molecular formula is C15H22N2OS2. The molecule has 0 aromatic carbocycles. The van der Waals surface area contributed by atoms with Gasteiger partial charge in [0.15, 0.2) is 0 Å². The minimum Gasteiger partial charge on any atom is -0.348 e. The quantitative estimate of drug-likeness (QED) is 0.844. The van der Waals surface area contributed by atoms with E-state index in [9.17, 15) is 4.79 Å². The molecule has 3 nitrogen and oxygen atoms in total. The summed E-state index contributed by atoms with van der Waals surface area (Å²) in [5.41, 5.74) is 6.14. The molecule has 1 amide bonds. The van der Waals surface area contributed by atoms with E-state index in [4.69, 9.17) is 5.73 Å². The molecule has 2 fully saturated rings. The Bertz CT molecular complexity index is 474. The van der Waals surface area contributed by atoms with E-state index in [1.807, 2.05) is 17.7 Å². The second kappa shape index (κ2) is 6.08. The molecule has 1 aromatic heterocycles. The number of thiophene rings is 1. The molecule has 3 rings (SSSR count). The Morgan fingerprint density at radius 1 is 1.40 bits per heavy atom. The number of rotatable bonds is 3. The maximum atomic E-state index is 12.5. The Hall–Kier alpha value is -0.520. The van der Waals surface area contributed by atoms with Crippen LogP contribution in [0.3, 0.4) is 0 Å². The first-order chi connectivity index (χ1) is 9.69. The summed E-state index contributed by atoms with van der Waals surface area (Å²) in [4.78, 5) is 14.5. The van der Waals surface area contributed by atoms with Crippen LogP contribution >= 0.6 is 23.1 Å². The van der Waals surface area contributed by atoms with Crippen molar-refractivity contribution in [2.75, 3.05) is 6.26 Å². The van der Waals surface area contributed by atoms with Crippen LogP contribution in [0.1, 0.15) is 41.8 Å². The lowest BCUT2D eigenvalue weighted by Gasteiger charge is -2.45. The smallest absolute Gasteiger partial charge is 0.262 e. The molecule has 20 heavy (non-hydrogen) atoms. The first-order valence-corrected chi connectivity index (χ1v) is 9.47. The van der Waals surface area contributed by atoms with Gasteiger partial charge in [0, 0.05) is 17.0 Å². The Balaban J connectivity index is 1.72. The summed E-state index contributed by atoms with van der Waals surface area (Å²) in [5, 5.41) is 5.32. The van der Waals surface area contributed by atoms with Gasteiger partial charge >= 0.3 is 0 Å². The molecule has 0 radical (unpaired) electrons. The third kappa shape index (κ3) is 2.76. The molecule has 1 aromatic rings. The number of carbonyl (C=O) groups is 1. The predicted molar refractivity (Wildman–Crippen MR) is 85.4 cm³/mol. The first-order valence-electron chi connectivity index (χ1n) is 7.37. The summed E-state index contributed by atoms with van der Waals surface area (Å²) in [6.45, 7) is 0. The largest absolute Gasteiger partial charge is 0.348 e. The van der Waals surface area contributed by atoms with Crippen LogP contribution in [0.15, 0.2) is 16.3 Å². The number of hydrogen-bond acceptors (Lipinski definition) is 4. The van der Waals surface area contributed by atoms with Gasteiger partial charge in [-0.2, -0.15) is 0 Å². The van der Waals surface area contributed by atoms with E-state index in [-0.39, 0.29) is 5.91 Å². The maximum absolute atomic E-state index is 12.5. The molecule has 2 aliphatic rings. The van der Waals surface area contributed by atoms with Crippen LogP contribution in [0.5, 0.6) is 0 Å². The van der Waals surface area contributed by atoms with Crippen molar-refractivity contribution in [1.29, 1.82) is 0 Å². The molecule has 2 aliphatic carbocycles. The van der Waals surface area contributed by atoms with E-state index < -0.39 is 0 Å². The molecule has 2 atom stereocenters. The minimum absolute atomic E-state index is 0.113. The third-order valence-electron chi connectivity index (χ3n) is 4.73. The van der Waals surface area contributed by atoms with Crippen LogP contribution in [-0.2, 0) is 0 Å². The number of amides is 1. The molecule has 0 aliphatic heterocycles. The molecule has 1 heterocycles. The lowest BCUT2D eigenvalue weighted by molar-refractivity contribution is 0.0757. The van der Waals surface area contributed by atoms with E-state index >= 15 is 0 Å². The zero-order valence-electron chi connectivity index (χ0n) is 11.8. The summed E-state index contributed by atoms with van der Waals surface area (Å²) < 4.78 is 0. The number of carbonyl (C=O) groups excluding carboxylic acids is 1. The van der Waals surface area contributed by atoms with Crippen LogP contribution in [0.25, 0.3) is 0 Å². The van der Waals surface area contributed by atoms with Gasteiger partial charge in [0.05, 0.1) is 0 Å². The fourth-order valence-corrected chi connectivity index (χ4v) is 5.52. The fraction of sp³-hybridized carbons (Fsp3) is 0.667. The van der Waals surface area contributed by atoms with Crippen LogP contribution in [0.2, 0.25) is 0 Å². The zero-order chi connectivity index (χ0) is 14.1. The molecule has 3 N–H and O–H groups in total. The molecule has 110 valence electrons. The molecular weight excluding hydrogens is 288 g/mol. The highest BCUT2D eigenvalue weighted by molar-refractivity contribution is 7.98. The Morgan fingerprint density at radius 2 is 2.10 bits per heavy atom. The summed E-state index contributed by atoms with van der Waals surface area (Å²) in [5.74, 6) is 1.28. The average Bonchev–Trinajstić information content (AvgIpc) is 2.88. The number of fused-ring (bicyclic) bond motifs is 2. The lowest BCUT2D eigenvalue weighted by atomic mass is 9.67. The van der Waals surface area contributed by atoms with E-state index in [1.54, 1.807) is 23.1 Å². The Kier molecular flexibility index (Phi) is 4.38. The molecule has 0 spiro atoms. The van der Waals surface area contributed by atoms with Crippen LogP contribution in [0, 0.1) is 11.8 Å². The van der Waals surface area contributed by atoms with Gasteiger partial charge in [-0.1, -0.05) is 6.42 Å². The second-order valence-electron chi connectivity index (χ2n) is 6.00. The minimum atomic E-state index is 0.113. The van der Waals surface area contributed by atoms with E-state index in [0.717, 1.165) is 22.6 Å². The summed E-state index contributed by atoms with van der Waals surface area (Å²) >= 11 is 3.19. The number of nitrogens with one attached hydrogen (secondary N) is 1. The van der Waals surface area contributed by atoms with Gasteiger partial charge in [-0.05, 0) is 55.2 Å². The summed E-state index contributed by atoms with van der Waals surface area (Å²) in [6, 6.07) is 2.71. The SMILES string of the molecule is CSc1ccsc1C(=O)NC1C2CCCC1CC(N)C2. The average molecular weight is 310 g/mol. The van der Waals surface area contributed by atoms with Crippen LogP contribution in [0.4, 0.5) is 0 Å². The number of nitrogens with two attached hydrogens (primary N) is 1. The molecule has 2 unspecified atom stereocenters. The standard InChI is InChI=1S/C15H22N2OS2/c1-19-12-5-6-20-14(12)15(18)17-13-9-3-2-4-10(13)8-11(16)7-9/h5-6,9-11,13H,2-4,7-8,16H2,1H3,(H,17,18). The van der Waals surface area contributed by atoms with Crippen LogP contribution in [-0.4, -0.2) is 24.2 Å². The first kappa shape index (κ1) is 14.4. The highest BCUT2D eigenvalue weighted by atomic mass is 32.2. The van der Waals surface area contributed by atoms with Crippen molar-refractivity contribution in [3.63, 3.8) is 0 Å². The van der Waals surface area contributed by atoms with Crippen molar-refractivity contribution in [3.8, 4) is 0 Å². The Labute approximate surface area is 128 Å². The number of hydrogen-bond donors (Lipinski definition) is 2. The van der Waals surface area contributed by atoms with Gasteiger partial charge in [-0.15, -0.1) is 23.1 Å². The normalized spacial score (nSPS) is 32.9. The van der Waals surface area contributed by atoms with Gasteiger partial charge in [-0.25, -0.2) is 0 Å². The van der Waals surface area contributed by atoms with Gasteiger partial charge in [0.2, 0.25) is 0 Å². The van der Waals surface area contributed by atoms with E-state index in [2.05, 4.69) is 5.32 Å². The molecule has 0 saturated heterocycles. The van der Waals surface area contributed by atoms with Crippen molar-refractivity contribution in [2.24, 2.45) is 17.6 Å². The van der Waals surface area contributed by atoms with Crippen LogP contribution < -0.4 is 11.1 Å². The molecule has 2 saturated carbocycles. The van der Waals surface area contributed by atoms with Gasteiger partial charge in [0.25, 0.3) is 5.91 Å². The second-order valence-corrected chi connectivity index (χ2v) is 7.76. The predicted octanol–water partition coefficient (Wildman–Crippen LogP) is 3.11. The number of thioether (sulfide) groups is 1. The maximum Gasteiger partial charge on any atom is 0.262 e. The van der Waals surface area contributed by atoms with Crippen molar-refractivity contribution in [2.45, 2.75) is 49.1 Å². The molecule has 2 bridgehead atoms. The van der Waals surface area contributed by atoms with Gasteiger partial charge in [-0.3, -0.25) is 4.79 Å². The summed E-state index contributed by atoms with van der Waals surface area (Å²) in [6.07, 6.45) is 7.89. The fourth-order valence-electron chi connectivity index (χ4n) is 3.87. The van der Waals surface area contributed by atoms with Gasteiger partial charge < -0.3 is 11.1 Å². The van der Waals surface area contributed by atoms with Crippen molar-refractivity contribution in [3.05, 3.63) is 16.3 Å². The monoisotopic (exact) mass is 310 g/mol. The van der Waals surface area contributed by atoms with Crippen molar-refractivity contribution < 1.29 is 4.79 Å². The molecule has 5 heteroatoms. The van der Waals surface area contributed by atoms with E-state index in [1.165, 1.54) is 19.3 Å². The summed E-state index contributed by atoms with van der Waals surface area (Å²) in [7, 11) is 0. The third-order valence-corrected chi connectivity index (χ3v) is 6.55. The highest BCUT2D eigenvalue weighted by Gasteiger charge is 2.40. The van der Waals surface area contributed by atoms with E-state index in [0.29, 0.717) is 23.9 Å². The Morgan fingerprint density at radius 3 is 2.75 bits per heavy atom. The highest BCUT2D eigenvalue weighted by Crippen LogP contribution is 2.40. The zero-order valence-corrected chi connectivity index (χ0v) is 13.4. The van der Waals surface area contributed by atoms with Crippen molar-refractivity contribution in [1.82, 2.24) is 5.32 Å². The van der Waals surface area contributed by atoms with Crippen molar-refractivity contribution >= 4 is 29.0 Å². The lowest BCUT2D eigenvalue weighted by Crippen LogP contribution is -2.53. The van der Waals surface area contributed by atoms with Gasteiger partial charge in [0.1, 0.15) is 4.88 Å².